The molecule has 0 heterocycles. The normalized spacial score (nSPS) is 20.3. The summed E-state index contributed by atoms with van der Waals surface area (Å²) in [4.78, 5) is 0. The minimum atomic E-state index is 0.369. The van der Waals surface area contributed by atoms with Crippen molar-refractivity contribution in [1.82, 2.24) is 0 Å². The molecule has 106 valence electrons. The van der Waals surface area contributed by atoms with Crippen molar-refractivity contribution in [3.63, 3.8) is 0 Å². The van der Waals surface area contributed by atoms with Gasteiger partial charge in [-0.05, 0) is 44.0 Å². The molecule has 2 atom stereocenters. The van der Waals surface area contributed by atoms with Crippen molar-refractivity contribution in [2.45, 2.75) is 11.8 Å². The zero-order chi connectivity index (χ0) is 14.8. The maximum atomic E-state index is 2.95. The van der Waals surface area contributed by atoms with Gasteiger partial charge in [0.05, 0.1) is 0 Å². The molecule has 0 spiro atoms. The van der Waals surface area contributed by atoms with Crippen LogP contribution in [-0.4, -0.2) is 0 Å². The fourth-order valence-electron chi connectivity index (χ4n) is 4.37. The van der Waals surface area contributed by atoms with Crippen LogP contribution in [0.5, 0.6) is 0 Å². The van der Waals surface area contributed by atoms with E-state index in [0.717, 1.165) is 0 Å². The van der Waals surface area contributed by atoms with Crippen molar-refractivity contribution >= 4 is 29.1 Å². The zero-order valence-corrected chi connectivity index (χ0v) is 14.4. The van der Waals surface area contributed by atoms with Crippen LogP contribution in [0.25, 0.3) is 0 Å². The lowest BCUT2D eigenvalue weighted by atomic mass is 9.61. The average molecular weight is 318 g/mol. The highest BCUT2D eigenvalue weighted by Gasteiger charge is 2.42. The van der Waals surface area contributed by atoms with Crippen LogP contribution in [0.15, 0.2) is 60.7 Å². The molecule has 0 saturated carbocycles. The summed E-state index contributed by atoms with van der Waals surface area (Å²) in [6.07, 6.45) is 0. The van der Waals surface area contributed by atoms with Crippen LogP contribution < -0.4 is 10.6 Å². The number of rotatable bonds is 0. The molecule has 22 heavy (non-hydrogen) atoms. The Hall–Kier alpha value is -1.48. The van der Waals surface area contributed by atoms with Crippen LogP contribution in [0.2, 0.25) is 0 Å². The van der Waals surface area contributed by atoms with E-state index >= 15 is 0 Å². The molecule has 0 aliphatic heterocycles. The van der Waals surface area contributed by atoms with Gasteiger partial charge in [-0.1, -0.05) is 60.7 Å². The summed E-state index contributed by atoms with van der Waals surface area (Å²) in [5.41, 5.74) is 8.94. The fraction of sp³-hybridized carbons (Fsp3) is 0.100. The fourth-order valence-corrected chi connectivity index (χ4v) is 5.26. The first kappa shape index (κ1) is 13.0. The summed E-state index contributed by atoms with van der Waals surface area (Å²) in [5.74, 6) is 0.751. The van der Waals surface area contributed by atoms with Crippen LogP contribution in [0.3, 0.4) is 0 Å². The minimum absolute atomic E-state index is 0.369. The zero-order valence-electron chi connectivity index (χ0n) is 12.1. The number of benzene rings is 3. The van der Waals surface area contributed by atoms with E-state index in [-0.39, 0.29) is 0 Å². The van der Waals surface area contributed by atoms with Crippen LogP contribution in [0, 0.1) is 0 Å². The Morgan fingerprint density at radius 3 is 1.50 bits per heavy atom. The maximum absolute atomic E-state index is 2.95. The van der Waals surface area contributed by atoms with Gasteiger partial charge in [-0.2, -0.15) is 0 Å². The molecule has 2 unspecified atom stereocenters. The first-order valence-electron chi connectivity index (χ1n) is 7.62. The minimum Gasteiger partial charge on any atom is -0.105 e. The van der Waals surface area contributed by atoms with Crippen molar-refractivity contribution in [2.24, 2.45) is 0 Å². The summed E-state index contributed by atoms with van der Waals surface area (Å²) >= 11 is 0. The number of hydrogen-bond acceptors (Lipinski definition) is 0. The highest BCUT2D eigenvalue weighted by molar-refractivity contribution is 7.28. The van der Waals surface area contributed by atoms with Crippen molar-refractivity contribution < 1.29 is 0 Å². The van der Waals surface area contributed by atoms with Gasteiger partial charge in [-0.3, -0.25) is 0 Å². The van der Waals surface area contributed by atoms with Gasteiger partial charge in [0.25, 0.3) is 0 Å². The molecule has 3 aromatic rings. The molecule has 0 saturated heterocycles. The second kappa shape index (κ2) is 4.51. The second-order valence-corrected chi connectivity index (χ2v) is 7.44. The molecular weight excluding hydrogens is 302 g/mol. The third-order valence-corrected chi connectivity index (χ3v) is 6.17. The van der Waals surface area contributed by atoms with Crippen LogP contribution in [0.4, 0.5) is 0 Å². The third kappa shape index (κ3) is 1.50. The van der Waals surface area contributed by atoms with E-state index in [1.54, 1.807) is 0 Å². The van der Waals surface area contributed by atoms with E-state index in [1.165, 1.54) is 44.0 Å². The topological polar surface area (TPSA) is 0 Å². The summed E-state index contributed by atoms with van der Waals surface area (Å²) in [6.45, 7) is 0. The summed E-state index contributed by atoms with van der Waals surface area (Å²) in [5, 5.41) is 2.67. The monoisotopic (exact) mass is 318 g/mol. The van der Waals surface area contributed by atoms with Gasteiger partial charge in [0.1, 0.15) is 0 Å². The molecule has 0 radical (unpaired) electrons. The molecule has 0 nitrogen and oxygen atoms in total. The molecule has 0 fully saturated rings. The Morgan fingerprint density at radius 1 is 0.500 bits per heavy atom. The Kier molecular flexibility index (Phi) is 2.67. The molecule has 2 heteroatoms. The smallest absolute Gasteiger partial charge is 0.0361 e. The highest BCUT2D eigenvalue weighted by Crippen LogP contribution is 2.54. The van der Waals surface area contributed by atoms with Gasteiger partial charge in [-0.25, -0.2) is 0 Å². The Balaban J connectivity index is 1.96. The van der Waals surface area contributed by atoms with E-state index in [2.05, 4.69) is 79.1 Å². The average Bonchev–Trinajstić information content (AvgIpc) is 2.55. The molecule has 6 rings (SSSR count). The maximum Gasteiger partial charge on any atom is 0.0361 e. The summed E-state index contributed by atoms with van der Waals surface area (Å²) in [6, 6.07) is 22.4. The van der Waals surface area contributed by atoms with Gasteiger partial charge >= 0.3 is 0 Å². The van der Waals surface area contributed by atoms with E-state index < -0.39 is 0 Å². The van der Waals surface area contributed by atoms with Crippen LogP contribution in [0.1, 0.15) is 45.2 Å². The molecular formula is C20H16P2. The predicted octanol–water partition coefficient (Wildman–Crippen LogP) is 3.67. The first-order chi connectivity index (χ1) is 10.8. The Morgan fingerprint density at radius 2 is 0.955 bits per heavy atom. The van der Waals surface area contributed by atoms with Crippen molar-refractivity contribution in [2.75, 3.05) is 0 Å². The van der Waals surface area contributed by atoms with Crippen molar-refractivity contribution in [3.05, 3.63) is 94.0 Å². The van der Waals surface area contributed by atoms with Gasteiger partial charge in [0.2, 0.25) is 0 Å². The van der Waals surface area contributed by atoms with E-state index in [4.69, 9.17) is 0 Å². The molecule has 3 aliphatic carbocycles. The predicted molar refractivity (Wildman–Crippen MR) is 99.9 cm³/mol. The van der Waals surface area contributed by atoms with Gasteiger partial charge in [-0.15, -0.1) is 18.5 Å². The SMILES string of the molecule is Pc1cccc2c1C1c3ccccc3C2c2cccc(P)c21. The summed E-state index contributed by atoms with van der Waals surface area (Å²) in [7, 11) is 5.89. The second-order valence-electron chi connectivity index (χ2n) is 6.20. The quantitative estimate of drug-likeness (QED) is 0.382. The van der Waals surface area contributed by atoms with Gasteiger partial charge in [0, 0.05) is 11.8 Å². The molecule has 0 N–H and O–H groups in total. The Bertz CT molecular complexity index is 873. The lowest BCUT2D eigenvalue weighted by Crippen LogP contribution is -2.33. The van der Waals surface area contributed by atoms with E-state index in [1.807, 2.05) is 0 Å². The standard InChI is InChI=1S/C20H16P2/c21-15-9-3-7-13-17-11-5-1-2-6-12(11)20(18(13)15)19-14(17)8-4-10-16(19)22/h1-10,17,20H,21-22H2. The molecule has 2 bridgehead atoms. The van der Waals surface area contributed by atoms with Gasteiger partial charge < -0.3 is 0 Å². The van der Waals surface area contributed by atoms with Crippen molar-refractivity contribution in [3.8, 4) is 0 Å². The molecule has 3 aliphatic rings. The lowest BCUT2D eigenvalue weighted by molar-refractivity contribution is 0.763. The largest absolute Gasteiger partial charge is 0.105 e. The summed E-state index contributed by atoms with van der Waals surface area (Å²) < 4.78 is 0. The third-order valence-electron chi connectivity index (χ3n) is 5.16. The van der Waals surface area contributed by atoms with E-state index in [9.17, 15) is 0 Å². The Labute approximate surface area is 135 Å². The highest BCUT2D eigenvalue weighted by atomic mass is 31.0. The lowest BCUT2D eigenvalue weighted by Gasteiger charge is -2.43. The van der Waals surface area contributed by atoms with Crippen LogP contribution >= 0.6 is 18.5 Å². The van der Waals surface area contributed by atoms with Crippen molar-refractivity contribution in [1.29, 1.82) is 0 Å². The van der Waals surface area contributed by atoms with Crippen LogP contribution in [-0.2, 0) is 0 Å². The van der Waals surface area contributed by atoms with E-state index in [0.29, 0.717) is 11.8 Å². The molecule has 0 amide bonds. The molecule has 3 aromatic carbocycles. The number of hydrogen-bond donors (Lipinski definition) is 0. The first-order valence-corrected chi connectivity index (χ1v) is 8.78. The van der Waals surface area contributed by atoms with Gasteiger partial charge in [0.15, 0.2) is 0 Å². The molecule has 0 aromatic heterocycles.